The first-order valence-electron chi connectivity index (χ1n) is 4.64. The molecule has 0 saturated carbocycles. The van der Waals surface area contributed by atoms with Crippen LogP contribution in [0.4, 0.5) is 0 Å². The molecular formula is C10H16N2OS. The number of nitrogens with two attached hydrogens (primary N) is 1. The van der Waals surface area contributed by atoms with Gasteiger partial charge in [-0.2, -0.15) is 0 Å². The van der Waals surface area contributed by atoms with Crippen LogP contribution in [-0.4, -0.2) is 23.4 Å². The fourth-order valence-corrected chi connectivity index (χ4v) is 1.95. The lowest BCUT2D eigenvalue weighted by Crippen LogP contribution is -2.37. The van der Waals surface area contributed by atoms with Crippen molar-refractivity contribution >= 4 is 17.2 Å². The molecule has 0 aliphatic carbocycles. The number of carbonyl (C=O) groups excluding carboxylic acids is 1. The maximum absolute atomic E-state index is 10.8. The van der Waals surface area contributed by atoms with E-state index >= 15 is 0 Å². The third kappa shape index (κ3) is 3.47. The van der Waals surface area contributed by atoms with Crippen molar-refractivity contribution in [2.75, 3.05) is 6.54 Å². The molecule has 0 saturated heterocycles. The Morgan fingerprint density at radius 2 is 2.36 bits per heavy atom. The van der Waals surface area contributed by atoms with Crippen LogP contribution in [0.15, 0.2) is 17.5 Å². The summed E-state index contributed by atoms with van der Waals surface area (Å²) in [5.41, 5.74) is 5.18. The maximum Gasteiger partial charge on any atom is 0.231 e. The van der Waals surface area contributed by atoms with Crippen molar-refractivity contribution in [3.8, 4) is 0 Å². The fraction of sp³-hybridized carbons (Fsp3) is 0.500. The van der Waals surface area contributed by atoms with Gasteiger partial charge in [0.1, 0.15) is 0 Å². The molecule has 0 fully saturated rings. The first-order valence-corrected chi connectivity index (χ1v) is 5.52. The van der Waals surface area contributed by atoms with Gasteiger partial charge in [-0.3, -0.25) is 9.69 Å². The average Bonchev–Trinajstić information content (AvgIpc) is 2.54. The van der Waals surface area contributed by atoms with Gasteiger partial charge < -0.3 is 5.73 Å². The average molecular weight is 212 g/mol. The number of carbonyl (C=O) groups is 1. The summed E-state index contributed by atoms with van der Waals surface area (Å²) < 4.78 is 0. The monoisotopic (exact) mass is 212 g/mol. The molecule has 0 aliphatic rings. The number of hydrogen-bond donors (Lipinski definition) is 1. The van der Waals surface area contributed by atoms with Crippen LogP contribution >= 0.6 is 11.3 Å². The van der Waals surface area contributed by atoms with Crippen LogP contribution in [0.5, 0.6) is 0 Å². The fourth-order valence-electron chi connectivity index (χ4n) is 1.22. The topological polar surface area (TPSA) is 46.3 Å². The summed E-state index contributed by atoms with van der Waals surface area (Å²) in [6, 6.07) is 4.42. The largest absolute Gasteiger partial charge is 0.369 e. The molecule has 4 heteroatoms. The molecule has 0 aliphatic heterocycles. The molecule has 1 aromatic heterocycles. The Morgan fingerprint density at radius 3 is 2.79 bits per heavy atom. The minimum Gasteiger partial charge on any atom is -0.369 e. The van der Waals surface area contributed by atoms with E-state index < -0.39 is 0 Å². The SMILES string of the molecule is CC(C)N(CC(N)=O)Cc1cccs1. The molecule has 1 amide bonds. The van der Waals surface area contributed by atoms with Gasteiger partial charge >= 0.3 is 0 Å². The Morgan fingerprint density at radius 1 is 1.64 bits per heavy atom. The zero-order valence-corrected chi connectivity index (χ0v) is 9.38. The molecule has 1 aromatic rings. The third-order valence-corrected chi connectivity index (χ3v) is 2.89. The van der Waals surface area contributed by atoms with E-state index in [4.69, 9.17) is 5.73 Å². The van der Waals surface area contributed by atoms with Crippen LogP contribution in [0, 0.1) is 0 Å². The number of hydrogen-bond acceptors (Lipinski definition) is 3. The molecule has 78 valence electrons. The minimum absolute atomic E-state index is 0.268. The number of rotatable bonds is 5. The van der Waals surface area contributed by atoms with Gasteiger partial charge in [0.2, 0.25) is 5.91 Å². The van der Waals surface area contributed by atoms with E-state index in [0.717, 1.165) is 6.54 Å². The zero-order chi connectivity index (χ0) is 10.6. The van der Waals surface area contributed by atoms with Crippen LogP contribution < -0.4 is 5.73 Å². The molecule has 1 rings (SSSR count). The van der Waals surface area contributed by atoms with E-state index in [1.54, 1.807) is 11.3 Å². The van der Waals surface area contributed by atoms with Crippen LogP contribution in [0.2, 0.25) is 0 Å². The molecule has 0 aromatic carbocycles. The van der Waals surface area contributed by atoms with Crippen molar-refractivity contribution in [1.29, 1.82) is 0 Å². The summed E-state index contributed by atoms with van der Waals surface area (Å²) in [6.07, 6.45) is 0. The first-order chi connectivity index (χ1) is 6.59. The Balaban J connectivity index is 2.56. The summed E-state index contributed by atoms with van der Waals surface area (Å²) in [4.78, 5) is 14.2. The van der Waals surface area contributed by atoms with Gasteiger partial charge in [-0.25, -0.2) is 0 Å². The highest BCUT2D eigenvalue weighted by molar-refractivity contribution is 7.09. The summed E-state index contributed by atoms with van der Waals surface area (Å²) in [6.45, 7) is 5.26. The van der Waals surface area contributed by atoms with Gasteiger partial charge in [0.25, 0.3) is 0 Å². The molecule has 3 nitrogen and oxygen atoms in total. The van der Waals surface area contributed by atoms with Gasteiger partial charge in [0, 0.05) is 17.5 Å². The van der Waals surface area contributed by atoms with E-state index in [-0.39, 0.29) is 5.91 Å². The van der Waals surface area contributed by atoms with E-state index in [1.807, 2.05) is 11.4 Å². The molecule has 0 bridgehead atoms. The van der Waals surface area contributed by atoms with Gasteiger partial charge in [-0.1, -0.05) is 6.07 Å². The van der Waals surface area contributed by atoms with E-state index in [1.165, 1.54) is 4.88 Å². The second-order valence-corrected chi connectivity index (χ2v) is 4.58. The number of nitrogens with zero attached hydrogens (tertiary/aromatic N) is 1. The van der Waals surface area contributed by atoms with Gasteiger partial charge in [0.15, 0.2) is 0 Å². The predicted octanol–water partition coefficient (Wildman–Crippen LogP) is 1.44. The molecule has 14 heavy (non-hydrogen) atoms. The lowest BCUT2D eigenvalue weighted by Gasteiger charge is -2.24. The molecule has 1 heterocycles. The number of thiophene rings is 1. The van der Waals surface area contributed by atoms with E-state index in [2.05, 4.69) is 24.8 Å². The molecule has 0 atom stereocenters. The third-order valence-electron chi connectivity index (χ3n) is 2.03. The maximum atomic E-state index is 10.8. The Kier molecular flexibility index (Phi) is 4.10. The van der Waals surface area contributed by atoms with Crippen LogP contribution in [-0.2, 0) is 11.3 Å². The van der Waals surface area contributed by atoms with Crippen molar-refractivity contribution < 1.29 is 4.79 Å². The molecular weight excluding hydrogens is 196 g/mol. The van der Waals surface area contributed by atoms with Crippen molar-refractivity contribution in [1.82, 2.24) is 4.90 Å². The van der Waals surface area contributed by atoms with Gasteiger partial charge in [-0.05, 0) is 25.3 Å². The molecule has 0 spiro atoms. The van der Waals surface area contributed by atoms with E-state index in [9.17, 15) is 4.79 Å². The zero-order valence-electron chi connectivity index (χ0n) is 8.56. The van der Waals surface area contributed by atoms with E-state index in [0.29, 0.717) is 12.6 Å². The Bertz CT molecular complexity index is 282. The lowest BCUT2D eigenvalue weighted by atomic mass is 10.3. The number of amides is 1. The quantitative estimate of drug-likeness (QED) is 0.803. The van der Waals surface area contributed by atoms with Gasteiger partial charge in [0.05, 0.1) is 6.54 Å². The lowest BCUT2D eigenvalue weighted by molar-refractivity contribution is -0.119. The summed E-state index contributed by atoms with van der Waals surface area (Å²) in [5, 5.41) is 2.04. The second kappa shape index (κ2) is 5.12. The Labute approximate surface area is 88.5 Å². The van der Waals surface area contributed by atoms with Crippen LogP contribution in [0.1, 0.15) is 18.7 Å². The first kappa shape index (κ1) is 11.2. The van der Waals surface area contributed by atoms with Crippen molar-refractivity contribution in [3.63, 3.8) is 0 Å². The predicted molar refractivity (Wildman–Crippen MR) is 59.1 cm³/mol. The standard InChI is InChI=1S/C10H16N2OS/c1-8(2)12(7-10(11)13)6-9-4-3-5-14-9/h3-5,8H,6-7H2,1-2H3,(H2,11,13). The second-order valence-electron chi connectivity index (χ2n) is 3.54. The normalized spacial score (nSPS) is 11.1. The van der Waals surface area contributed by atoms with Crippen molar-refractivity contribution in [3.05, 3.63) is 22.4 Å². The summed E-state index contributed by atoms with van der Waals surface area (Å²) >= 11 is 1.70. The number of primary amides is 1. The smallest absolute Gasteiger partial charge is 0.231 e. The summed E-state index contributed by atoms with van der Waals surface area (Å²) in [7, 11) is 0. The summed E-state index contributed by atoms with van der Waals surface area (Å²) in [5.74, 6) is -0.268. The van der Waals surface area contributed by atoms with Crippen LogP contribution in [0.3, 0.4) is 0 Å². The minimum atomic E-state index is -0.268. The molecule has 2 N–H and O–H groups in total. The molecule has 0 unspecified atom stereocenters. The highest BCUT2D eigenvalue weighted by atomic mass is 32.1. The van der Waals surface area contributed by atoms with Gasteiger partial charge in [-0.15, -0.1) is 11.3 Å². The highest BCUT2D eigenvalue weighted by Crippen LogP contribution is 2.13. The molecule has 0 radical (unpaired) electrons. The van der Waals surface area contributed by atoms with Crippen molar-refractivity contribution in [2.45, 2.75) is 26.4 Å². The van der Waals surface area contributed by atoms with Crippen molar-refractivity contribution in [2.24, 2.45) is 5.73 Å². The van der Waals surface area contributed by atoms with Crippen LogP contribution in [0.25, 0.3) is 0 Å². The highest BCUT2D eigenvalue weighted by Gasteiger charge is 2.12. The Hall–Kier alpha value is -0.870.